The molecular formula is C18H25N3O3. The van der Waals surface area contributed by atoms with Crippen LogP contribution in [0.15, 0.2) is 12.1 Å². The zero-order chi connectivity index (χ0) is 17.5. The first-order chi connectivity index (χ1) is 11.6. The van der Waals surface area contributed by atoms with Crippen LogP contribution in [0.1, 0.15) is 24.5 Å². The molecular weight excluding hydrogens is 306 g/mol. The Morgan fingerprint density at radius 3 is 2.54 bits per heavy atom. The highest BCUT2D eigenvalue weighted by Gasteiger charge is 2.24. The Labute approximate surface area is 143 Å². The fraction of sp³-hybridized carbons (Fsp3) is 0.556. The van der Waals surface area contributed by atoms with E-state index in [1.54, 1.807) is 14.2 Å². The molecule has 0 N–H and O–H groups in total. The highest BCUT2D eigenvalue weighted by atomic mass is 16.5. The molecule has 0 aliphatic carbocycles. The van der Waals surface area contributed by atoms with E-state index in [-0.39, 0.29) is 12.5 Å². The summed E-state index contributed by atoms with van der Waals surface area (Å²) in [7, 11) is 3.24. The second-order valence-corrected chi connectivity index (χ2v) is 5.91. The predicted octanol–water partition coefficient (Wildman–Crippen LogP) is 1.82. The molecule has 1 aromatic carbocycles. The van der Waals surface area contributed by atoms with Gasteiger partial charge >= 0.3 is 0 Å². The number of ether oxygens (including phenoxy) is 2. The number of methoxy groups -OCH3 is 2. The number of amides is 1. The SMILES string of the molecule is CCCN(CC#N)CC(=O)N1CCc2cc(OC)c(OC)cc2C1. The number of hydrogen-bond acceptors (Lipinski definition) is 5. The first kappa shape index (κ1) is 18.1. The highest BCUT2D eigenvalue weighted by Crippen LogP contribution is 2.33. The third-order valence-electron chi connectivity index (χ3n) is 4.26. The van der Waals surface area contributed by atoms with Gasteiger partial charge < -0.3 is 14.4 Å². The molecule has 0 atom stereocenters. The van der Waals surface area contributed by atoms with Crippen molar-refractivity contribution in [2.24, 2.45) is 0 Å². The quantitative estimate of drug-likeness (QED) is 0.713. The number of carbonyl (C=O) groups excluding carboxylic acids is 1. The normalized spacial score (nSPS) is 13.4. The van der Waals surface area contributed by atoms with Crippen molar-refractivity contribution in [2.75, 3.05) is 40.4 Å². The molecule has 24 heavy (non-hydrogen) atoms. The van der Waals surface area contributed by atoms with Crippen molar-refractivity contribution in [3.8, 4) is 17.6 Å². The zero-order valence-corrected chi connectivity index (χ0v) is 14.7. The van der Waals surface area contributed by atoms with Crippen LogP contribution in [-0.2, 0) is 17.8 Å². The first-order valence-electron chi connectivity index (χ1n) is 8.23. The first-order valence-corrected chi connectivity index (χ1v) is 8.23. The number of nitrogens with zero attached hydrogens (tertiary/aromatic N) is 3. The Balaban J connectivity index is 2.08. The maximum absolute atomic E-state index is 12.6. The van der Waals surface area contributed by atoms with Crippen molar-refractivity contribution in [3.05, 3.63) is 23.3 Å². The van der Waals surface area contributed by atoms with Crippen molar-refractivity contribution in [2.45, 2.75) is 26.3 Å². The molecule has 1 amide bonds. The predicted molar refractivity (Wildman–Crippen MR) is 91.0 cm³/mol. The molecule has 6 heteroatoms. The van der Waals surface area contributed by atoms with Gasteiger partial charge in [0.1, 0.15) is 0 Å². The Hall–Kier alpha value is -2.26. The van der Waals surface area contributed by atoms with Crippen LogP contribution in [0.4, 0.5) is 0 Å². The van der Waals surface area contributed by atoms with Gasteiger partial charge in [0.2, 0.25) is 5.91 Å². The highest BCUT2D eigenvalue weighted by molar-refractivity contribution is 5.78. The van der Waals surface area contributed by atoms with E-state index >= 15 is 0 Å². The van der Waals surface area contributed by atoms with Crippen molar-refractivity contribution in [1.82, 2.24) is 9.80 Å². The third kappa shape index (κ3) is 4.18. The van der Waals surface area contributed by atoms with Gasteiger partial charge in [0, 0.05) is 13.1 Å². The Kier molecular flexibility index (Phi) is 6.44. The molecule has 0 saturated carbocycles. The van der Waals surface area contributed by atoms with Crippen molar-refractivity contribution in [1.29, 1.82) is 5.26 Å². The smallest absolute Gasteiger partial charge is 0.237 e. The van der Waals surface area contributed by atoms with Gasteiger partial charge in [0.25, 0.3) is 0 Å². The summed E-state index contributed by atoms with van der Waals surface area (Å²) in [6, 6.07) is 6.08. The topological polar surface area (TPSA) is 65.8 Å². The monoisotopic (exact) mass is 331 g/mol. The minimum Gasteiger partial charge on any atom is -0.493 e. The summed E-state index contributed by atoms with van der Waals surface area (Å²) in [6.45, 7) is 4.65. The summed E-state index contributed by atoms with van der Waals surface area (Å²) < 4.78 is 10.7. The lowest BCUT2D eigenvalue weighted by molar-refractivity contribution is -0.133. The van der Waals surface area contributed by atoms with Crippen molar-refractivity contribution in [3.63, 3.8) is 0 Å². The summed E-state index contributed by atoms with van der Waals surface area (Å²) in [6.07, 6.45) is 1.72. The molecule has 1 aromatic rings. The fourth-order valence-corrected chi connectivity index (χ4v) is 3.02. The maximum Gasteiger partial charge on any atom is 0.237 e. The number of fused-ring (bicyclic) bond motifs is 1. The van der Waals surface area contributed by atoms with E-state index in [1.165, 1.54) is 5.56 Å². The van der Waals surface area contributed by atoms with E-state index in [0.29, 0.717) is 25.4 Å². The van der Waals surface area contributed by atoms with E-state index in [0.717, 1.165) is 30.7 Å². The van der Waals surface area contributed by atoms with E-state index in [2.05, 4.69) is 6.07 Å². The standard InChI is InChI=1S/C18H25N3O3/c1-4-7-20(9-6-19)13-18(22)21-8-5-14-10-16(23-2)17(24-3)11-15(14)12-21/h10-11H,4-5,7-9,12-13H2,1-3H3. The molecule has 0 radical (unpaired) electrons. The number of nitriles is 1. The van der Waals surface area contributed by atoms with Gasteiger partial charge in [-0.1, -0.05) is 6.92 Å². The maximum atomic E-state index is 12.6. The molecule has 1 aliphatic heterocycles. The van der Waals surface area contributed by atoms with Gasteiger partial charge in [-0.15, -0.1) is 0 Å². The van der Waals surface area contributed by atoms with E-state index in [9.17, 15) is 4.79 Å². The molecule has 0 bridgehead atoms. The molecule has 0 spiro atoms. The van der Waals surface area contributed by atoms with Crippen LogP contribution in [0.3, 0.4) is 0 Å². The average Bonchev–Trinajstić information content (AvgIpc) is 2.60. The lowest BCUT2D eigenvalue weighted by atomic mass is 9.98. The third-order valence-corrected chi connectivity index (χ3v) is 4.26. The van der Waals surface area contributed by atoms with E-state index in [1.807, 2.05) is 28.9 Å². The van der Waals surface area contributed by atoms with Gasteiger partial charge in [-0.05, 0) is 42.6 Å². The Morgan fingerprint density at radius 2 is 1.96 bits per heavy atom. The molecule has 0 unspecified atom stereocenters. The summed E-state index contributed by atoms with van der Waals surface area (Å²) in [5, 5.41) is 8.88. The van der Waals surface area contributed by atoms with E-state index < -0.39 is 0 Å². The molecule has 6 nitrogen and oxygen atoms in total. The van der Waals surface area contributed by atoms with Gasteiger partial charge in [-0.25, -0.2) is 0 Å². The minimum absolute atomic E-state index is 0.0686. The summed E-state index contributed by atoms with van der Waals surface area (Å²) >= 11 is 0. The average molecular weight is 331 g/mol. The number of rotatable bonds is 7. The molecule has 0 saturated heterocycles. The fourth-order valence-electron chi connectivity index (χ4n) is 3.02. The molecule has 2 rings (SSSR count). The Bertz CT molecular complexity index is 625. The molecule has 1 aliphatic rings. The summed E-state index contributed by atoms with van der Waals surface area (Å²) in [5.41, 5.74) is 2.29. The number of carbonyl (C=O) groups is 1. The second kappa shape index (κ2) is 8.55. The molecule has 1 heterocycles. The van der Waals surface area contributed by atoms with Gasteiger partial charge in [0.05, 0.1) is 33.4 Å². The van der Waals surface area contributed by atoms with Crippen LogP contribution in [0.2, 0.25) is 0 Å². The minimum atomic E-state index is 0.0686. The number of hydrogen-bond donors (Lipinski definition) is 0. The summed E-state index contributed by atoms with van der Waals surface area (Å²) in [5.74, 6) is 1.47. The van der Waals surface area contributed by atoms with Gasteiger partial charge in [-0.2, -0.15) is 5.26 Å². The van der Waals surface area contributed by atoms with Crippen LogP contribution >= 0.6 is 0 Å². The largest absolute Gasteiger partial charge is 0.493 e. The number of benzene rings is 1. The molecule has 0 fully saturated rings. The molecule has 0 aromatic heterocycles. The lowest BCUT2D eigenvalue weighted by Gasteiger charge is -2.31. The van der Waals surface area contributed by atoms with Crippen LogP contribution in [-0.4, -0.2) is 56.1 Å². The van der Waals surface area contributed by atoms with Crippen LogP contribution in [0, 0.1) is 11.3 Å². The summed E-state index contributed by atoms with van der Waals surface area (Å²) in [4.78, 5) is 16.3. The van der Waals surface area contributed by atoms with Crippen LogP contribution in [0.25, 0.3) is 0 Å². The van der Waals surface area contributed by atoms with Crippen molar-refractivity contribution >= 4 is 5.91 Å². The second-order valence-electron chi connectivity index (χ2n) is 5.91. The van der Waals surface area contributed by atoms with Gasteiger partial charge in [-0.3, -0.25) is 9.69 Å². The van der Waals surface area contributed by atoms with Gasteiger partial charge in [0.15, 0.2) is 11.5 Å². The van der Waals surface area contributed by atoms with Crippen molar-refractivity contribution < 1.29 is 14.3 Å². The van der Waals surface area contributed by atoms with Crippen LogP contribution < -0.4 is 9.47 Å². The Morgan fingerprint density at radius 1 is 1.29 bits per heavy atom. The van der Waals surface area contributed by atoms with Crippen LogP contribution in [0.5, 0.6) is 11.5 Å². The lowest BCUT2D eigenvalue weighted by Crippen LogP contribution is -2.43. The zero-order valence-electron chi connectivity index (χ0n) is 14.7. The molecule has 130 valence electrons. The van der Waals surface area contributed by atoms with E-state index in [4.69, 9.17) is 14.7 Å².